The maximum Gasteiger partial charge on any atom is 0.118 e. The van der Waals surface area contributed by atoms with Crippen molar-refractivity contribution in [3.05, 3.63) is 64.2 Å². The van der Waals surface area contributed by atoms with E-state index in [1.807, 2.05) is 49.4 Å². The third-order valence-electron chi connectivity index (χ3n) is 3.22. The van der Waals surface area contributed by atoms with E-state index in [1.54, 1.807) is 7.11 Å². The van der Waals surface area contributed by atoms with Crippen LogP contribution in [0.1, 0.15) is 22.1 Å². The summed E-state index contributed by atoms with van der Waals surface area (Å²) in [6.45, 7) is 2.00. The Bertz CT molecular complexity index is 549. The minimum absolute atomic E-state index is 0.0768. The highest BCUT2D eigenvalue weighted by atomic mass is 35.5. The van der Waals surface area contributed by atoms with E-state index in [-0.39, 0.29) is 5.38 Å². The Hall–Kier alpha value is -1.18. The second-order valence-electron chi connectivity index (χ2n) is 4.47. The van der Waals surface area contributed by atoms with Gasteiger partial charge in [-0.1, -0.05) is 35.9 Å². The molecule has 0 saturated carbocycles. The molecule has 2 aromatic rings. The monoisotopic (exact) mass is 294 g/mol. The minimum atomic E-state index is -0.0768. The van der Waals surface area contributed by atoms with E-state index in [4.69, 9.17) is 27.9 Å². The van der Waals surface area contributed by atoms with Gasteiger partial charge < -0.3 is 4.74 Å². The minimum Gasteiger partial charge on any atom is -0.497 e. The Kier molecular flexibility index (Phi) is 4.73. The summed E-state index contributed by atoms with van der Waals surface area (Å²) < 4.78 is 5.14. The molecule has 0 bridgehead atoms. The van der Waals surface area contributed by atoms with E-state index in [0.29, 0.717) is 0 Å². The fraction of sp³-hybridized carbons (Fsp3) is 0.250. The lowest BCUT2D eigenvalue weighted by Crippen LogP contribution is -1.99. The number of rotatable bonds is 4. The molecule has 0 aliphatic heterocycles. The molecule has 0 saturated heterocycles. The highest BCUT2D eigenvalue weighted by molar-refractivity contribution is 6.31. The van der Waals surface area contributed by atoms with E-state index in [0.717, 1.165) is 28.3 Å². The summed E-state index contributed by atoms with van der Waals surface area (Å²) in [6, 6.07) is 13.8. The molecule has 19 heavy (non-hydrogen) atoms. The molecule has 1 atom stereocenters. The van der Waals surface area contributed by atoms with Crippen molar-refractivity contribution in [1.82, 2.24) is 0 Å². The summed E-state index contributed by atoms with van der Waals surface area (Å²) in [5.74, 6) is 0.855. The molecule has 3 heteroatoms. The Morgan fingerprint density at radius 3 is 2.42 bits per heavy atom. The van der Waals surface area contributed by atoms with Crippen LogP contribution >= 0.6 is 23.2 Å². The number of alkyl halides is 1. The van der Waals surface area contributed by atoms with E-state index in [1.165, 1.54) is 5.56 Å². The molecule has 0 aromatic heterocycles. The molecule has 0 fully saturated rings. The largest absolute Gasteiger partial charge is 0.497 e. The summed E-state index contributed by atoms with van der Waals surface area (Å²) in [6.07, 6.45) is 0.771. The molecule has 2 aromatic carbocycles. The van der Waals surface area contributed by atoms with Crippen molar-refractivity contribution in [1.29, 1.82) is 0 Å². The lowest BCUT2D eigenvalue weighted by Gasteiger charge is -2.14. The molecule has 0 radical (unpaired) electrons. The van der Waals surface area contributed by atoms with Crippen molar-refractivity contribution >= 4 is 23.2 Å². The zero-order valence-electron chi connectivity index (χ0n) is 11.0. The average Bonchev–Trinajstić information content (AvgIpc) is 2.42. The third-order valence-corrected chi connectivity index (χ3v) is 4.02. The normalized spacial score (nSPS) is 12.2. The van der Waals surface area contributed by atoms with E-state index >= 15 is 0 Å². The highest BCUT2D eigenvalue weighted by Crippen LogP contribution is 2.31. The van der Waals surface area contributed by atoms with Crippen molar-refractivity contribution in [2.24, 2.45) is 0 Å². The van der Waals surface area contributed by atoms with Crippen LogP contribution in [0.2, 0.25) is 5.02 Å². The van der Waals surface area contributed by atoms with Gasteiger partial charge >= 0.3 is 0 Å². The molecule has 0 aliphatic carbocycles. The molecule has 1 unspecified atom stereocenters. The van der Waals surface area contributed by atoms with Gasteiger partial charge in [-0.2, -0.15) is 0 Å². The van der Waals surface area contributed by atoms with Crippen molar-refractivity contribution in [2.75, 3.05) is 7.11 Å². The average molecular weight is 295 g/mol. The zero-order valence-corrected chi connectivity index (χ0v) is 12.5. The maximum atomic E-state index is 6.50. The Morgan fingerprint density at radius 1 is 1.11 bits per heavy atom. The van der Waals surface area contributed by atoms with E-state index in [9.17, 15) is 0 Å². The second-order valence-corrected chi connectivity index (χ2v) is 5.41. The van der Waals surface area contributed by atoms with Gasteiger partial charge in [-0.25, -0.2) is 0 Å². The molecule has 0 amide bonds. The summed E-state index contributed by atoms with van der Waals surface area (Å²) in [7, 11) is 1.66. The van der Waals surface area contributed by atoms with Crippen molar-refractivity contribution in [3.8, 4) is 5.75 Å². The molecule has 2 rings (SSSR count). The summed E-state index contributed by atoms with van der Waals surface area (Å²) in [5, 5.41) is 0.685. The van der Waals surface area contributed by atoms with Gasteiger partial charge in [0.05, 0.1) is 12.5 Å². The molecule has 0 heterocycles. The SMILES string of the molecule is COc1ccc(CC(Cl)c2cccc(Cl)c2C)cc1. The Morgan fingerprint density at radius 2 is 1.79 bits per heavy atom. The second kappa shape index (κ2) is 6.31. The van der Waals surface area contributed by atoms with Gasteiger partial charge in [0.2, 0.25) is 0 Å². The molecule has 0 aliphatic rings. The van der Waals surface area contributed by atoms with E-state index in [2.05, 4.69) is 0 Å². The highest BCUT2D eigenvalue weighted by Gasteiger charge is 2.13. The number of halogens is 2. The number of hydrogen-bond donors (Lipinski definition) is 0. The van der Waals surface area contributed by atoms with Crippen LogP contribution in [0.4, 0.5) is 0 Å². The van der Waals surface area contributed by atoms with Crippen LogP contribution in [-0.4, -0.2) is 7.11 Å². The number of hydrogen-bond acceptors (Lipinski definition) is 1. The predicted molar refractivity (Wildman–Crippen MR) is 81.5 cm³/mol. The summed E-state index contributed by atoms with van der Waals surface area (Å²) in [5.41, 5.74) is 3.32. The number of methoxy groups -OCH3 is 1. The maximum absolute atomic E-state index is 6.50. The molecule has 100 valence electrons. The van der Waals surface area contributed by atoms with Gasteiger partial charge in [-0.15, -0.1) is 11.6 Å². The van der Waals surface area contributed by atoms with Gasteiger partial charge in [0.25, 0.3) is 0 Å². The topological polar surface area (TPSA) is 9.23 Å². The third kappa shape index (κ3) is 3.43. The van der Waals surface area contributed by atoms with Crippen LogP contribution in [0.15, 0.2) is 42.5 Å². The zero-order chi connectivity index (χ0) is 13.8. The predicted octanol–water partition coefficient (Wildman–Crippen LogP) is 5.18. The smallest absolute Gasteiger partial charge is 0.118 e. The quantitative estimate of drug-likeness (QED) is 0.706. The first-order valence-electron chi connectivity index (χ1n) is 6.14. The first-order valence-corrected chi connectivity index (χ1v) is 6.95. The van der Waals surface area contributed by atoms with Gasteiger partial charge in [0.15, 0.2) is 0 Å². The Balaban J connectivity index is 2.15. The summed E-state index contributed by atoms with van der Waals surface area (Å²) >= 11 is 12.6. The van der Waals surface area contributed by atoms with Gasteiger partial charge in [0.1, 0.15) is 5.75 Å². The number of ether oxygens (including phenoxy) is 1. The van der Waals surface area contributed by atoms with Gasteiger partial charge in [-0.05, 0) is 48.2 Å². The van der Waals surface area contributed by atoms with Crippen LogP contribution < -0.4 is 4.74 Å². The Labute approximate surface area is 124 Å². The van der Waals surface area contributed by atoms with Crippen molar-refractivity contribution < 1.29 is 4.74 Å². The van der Waals surface area contributed by atoms with Crippen LogP contribution in [0.25, 0.3) is 0 Å². The van der Waals surface area contributed by atoms with Crippen LogP contribution in [-0.2, 0) is 6.42 Å². The molecular formula is C16H16Cl2O. The number of benzene rings is 2. The molecule has 0 N–H and O–H groups in total. The van der Waals surface area contributed by atoms with Gasteiger partial charge in [-0.3, -0.25) is 0 Å². The first kappa shape index (κ1) is 14.2. The lowest BCUT2D eigenvalue weighted by atomic mass is 10.00. The van der Waals surface area contributed by atoms with Crippen molar-refractivity contribution in [3.63, 3.8) is 0 Å². The molecular weight excluding hydrogens is 279 g/mol. The fourth-order valence-corrected chi connectivity index (χ4v) is 2.64. The molecule has 1 nitrogen and oxygen atoms in total. The lowest BCUT2D eigenvalue weighted by molar-refractivity contribution is 0.414. The summed E-state index contributed by atoms with van der Waals surface area (Å²) in [4.78, 5) is 0. The molecule has 0 spiro atoms. The first-order chi connectivity index (χ1) is 9.11. The standard InChI is InChI=1S/C16H16Cl2O/c1-11-14(4-3-5-15(11)17)16(18)10-12-6-8-13(19-2)9-7-12/h3-9,16H,10H2,1-2H3. The van der Waals surface area contributed by atoms with Crippen LogP contribution in [0.5, 0.6) is 5.75 Å². The fourth-order valence-electron chi connectivity index (χ4n) is 2.04. The van der Waals surface area contributed by atoms with Gasteiger partial charge in [0, 0.05) is 5.02 Å². The van der Waals surface area contributed by atoms with Crippen molar-refractivity contribution in [2.45, 2.75) is 18.7 Å². The van der Waals surface area contributed by atoms with Crippen LogP contribution in [0, 0.1) is 6.92 Å². The van der Waals surface area contributed by atoms with Crippen LogP contribution in [0.3, 0.4) is 0 Å². The van der Waals surface area contributed by atoms with E-state index < -0.39 is 0 Å².